The van der Waals surface area contributed by atoms with Crippen molar-refractivity contribution < 1.29 is 4.79 Å². The topological polar surface area (TPSA) is 29.1 Å². The summed E-state index contributed by atoms with van der Waals surface area (Å²) in [5, 5.41) is 2.93. The molecule has 0 aliphatic carbocycles. The summed E-state index contributed by atoms with van der Waals surface area (Å²) in [6.45, 7) is 2.44. The quantitative estimate of drug-likeness (QED) is 0.834. The largest absolute Gasteiger partial charge is 0.348 e. The normalized spacial score (nSPS) is 10.3. The summed E-state index contributed by atoms with van der Waals surface area (Å²) in [6.07, 6.45) is 0. The van der Waals surface area contributed by atoms with Gasteiger partial charge in [-0.15, -0.1) is 0 Å². The zero-order valence-electron chi connectivity index (χ0n) is 10.4. The lowest BCUT2D eigenvalue weighted by molar-refractivity contribution is 0.0950. The second kappa shape index (κ2) is 6.35. The van der Waals surface area contributed by atoms with Gasteiger partial charge in [-0.2, -0.15) is 0 Å². The predicted octanol–water partition coefficient (Wildman–Crippen LogP) is 4.45. The molecule has 4 heteroatoms. The van der Waals surface area contributed by atoms with Crippen LogP contribution in [0.25, 0.3) is 0 Å². The summed E-state index contributed by atoms with van der Waals surface area (Å²) < 4.78 is 1.98. The Morgan fingerprint density at radius 2 is 1.89 bits per heavy atom. The Bertz CT molecular complexity index is 611. The zero-order valence-corrected chi connectivity index (χ0v) is 13.6. The minimum atomic E-state index is -0.0549. The van der Waals surface area contributed by atoms with E-state index >= 15 is 0 Å². The van der Waals surface area contributed by atoms with Crippen molar-refractivity contribution in [1.29, 1.82) is 0 Å². The van der Waals surface area contributed by atoms with E-state index in [4.69, 9.17) is 0 Å². The summed E-state index contributed by atoms with van der Waals surface area (Å²) in [4.78, 5) is 12.1. The zero-order chi connectivity index (χ0) is 13.8. The third-order valence-electron chi connectivity index (χ3n) is 2.83. The fourth-order valence-corrected chi connectivity index (χ4v) is 2.69. The van der Waals surface area contributed by atoms with E-state index in [1.807, 2.05) is 49.4 Å². The Hall–Kier alpha value is -1.13. The van der Waals surface area contributed by atoms with Gasteiger partial charge < -0.3 is 5.32 Å². The average Bonchev–Trinajstić information content (AvgIpc) is 2.37. The van der Waals surface area contributed by atoms with Crippen LogP contribution < -0.4 is 5.32 Å². The standard InChI is InChI=1S/C15H13Br2NO/c1-10-8-12(16)6-7-13(10)15(19)18-9-11-4-2-3-5-14(11)17/h2-8H,9H2,1H3,(H,18,19). The average molecular weight is 383 g/mol. The molecule has 0 aliphatic rings. The van der Waals surface area contributed by atoms with Crippen LogP contribution >= 0.6 is 31.9 Å². The summed E-state index contributed by atoms with van der Waals surface area (Å²) in [5.41, 5.74) is 2.72. The first-order chi connectivity index (χ1) is 9.08. The van der Waals surface area contributed by atoms with Crippen LogP contribution in [-0.4, -0.2) is 5.91 Å². The fraction of sp³-hybridized carbons (Fsp3) is 0.133. The van der Waals surface area contributed by atoms with Crippen LogP contribution in [0.5, 0.6) is 0 Å². The lowest BCUT2D eigenvalue weighted by atomic mass is 10.1. The molecule has 1 N–H and O–H groups in total. The Morgan fingerprint density at radius 1 is 1.16 bits per heavy atom. The number of halogens is 2. The van der Waals surface area contributed by atoms with Crippen molar-refractivity contribution >= 4 is 37.8 Å². The lowest BCUT2D eigenvalue weighted by Gasteiger charge is -2.09. The second-order valence-electron chi connectivity index (χ2n) is 4.23. The Morgan fingerprint density at radius 3 is 2.58 bits per heavy atom. The maximum atomic E-state index is 12.1. The van der Waals surface area contributed by atoms with Crippen LogP contribution in [-0.2, 0) is 6.54 Å². The van der Waals surface area contributed by atoms with Crippen molar-refractivity contribution in [3.05, 3.63) is 68.1 Å². The highest BCUT2D eigenvalue weighted by Crippen LogP contribution is 2.17. The van der Waals surface area contributed by atoms with E-state index in [1.54, 1.807) is 0 Å². The van der Waals surface area contributed by atoms with E-state index in [9.17, 15) is 4.79 Å². The molecule has 98 valence electrons. The molecule has 2 aromatic rings. The minimum absolute atomic E-state index is 0.0549. The Labute approximate surface area is 129 Å². The lowest BCUT2D eigenvalue weighted by Crippen LogP contribution is -2.23. The van der Waals surface area contributed by atoms with Gasteiger partial charge in [0, 0.05) is 21.1 Å². The van der Waals surface area contributed by atoms with E-state index in [0.29, 0.717) is 12.1 Å². The van der Waals surface area contributed by atoms with Gasteiger partial charge in [0.2, 0.25) is 0 Å². The molecule has 0 aromatic heterocycles. The number of aryl methyl sites for hydroxylation is 1. The predicted molar refractivity (Wildman–Crippen MR) is 84.2 cm³/mol. The number of amides is 1. The highest BCUT2D eigenvalue weighted by molar-refractivity contribution is 9.10. The molecule has 0 saturated heterocycles. The van der Waals surface area contributed by atoms with Gasteiger partial charge in [0.1, 0.15) is 0 Å². The van der Waals surface area contributed by atoms with E-state index in [0.717, 1.165) is 20.1 Å². The monoisotopic (exact) mass is 381 g/mol. The maximum Gasteiger partial charge on any atom is 0.251 e. The number of hydrogen-bond acceptors (Lipinski definition) is 1. The molecule has 0 spiro atoms. The molecular formula is C15H13Br2NO. The van der Waals surface area contributed by atoms with E-state index in [-0.39, 0.29) is 5.91 Å². The van der Waals surface area contributed by atoms with Gasteiger partial charge in [0.05, 0.1) is 0 Å². The van der Waals surface area contributed by atoms with E-state index in [1.165, 1.54) is 0 Å². The molecule has 19 heavy (non-hydrogen) atoms. The number of carbonyl (C=O) groups is 1. The molecule has 0 fully saturated rings. The van der Waals surface area contributed by atoms with Gasteiger partial charge in [-0.1, -0.05) is 50.1 Å². The third kappa shape index (κ3) is 3.67. The summed E-state index contributed by atoms with van der Waals surface area (Å²) in [7, 11) is 0. The highest BCUT2D eigenvalue weighted by Gasteiger charge is 2.09. The van der Waals surface area contributed by atoms with Crippen molar-refractivity contribution in [2.45, 2.75) is 13.5 Å². The van der Waals surface area contributed by atoms with Crippen molar-refractivity contribution in [1.82, 2.24) is 5.32 Å². The van der Waals surface area contributed by atoms with E-state index < -0.39 is 0 Å². The first-order valence-corrected chi connectivity index (χ1v) is 7.44. The highest BCUT2D eigenvalue weighted by atomic mass is 79.9. The van der Waals surface area contributed by atoms with Crippen LogP contribution in [0.2, 0.25) is 0 Å². The SMILES string of the molecule is Cc1cc(Br)ccc1C(=O)NCc1ccccc1Br. The number of benzene rings is 2. The molecule has 0 atom stereocenters. The number of nitrogens with one attached hydrogen (secondary N) is 1. The van der Waals surface area contributed by atoms with Gasteiger partial charge in [-0.05, 0) is 42.3 Å². The number of carbonyl (C=O) groups excluding carboxylic acids is 1. The maximum absolute atomic E-state index is 12.1. The molecule has 0 radical (unpaired) electrons. The number of rotatable bonds is 3. The first-order valence-electron chi connectivity index (χ1n) is 5.85. The van der Waals surface area contributed by atoms with Gasteiger partial charge in [-0.25, -0.2) is 0 Å². The summed E-state index contributed by atoms with van der Waals surface area (Å²) in [5.74, 6) is -0.0549. The molecule has 0 aliphatic heterocycles. The number of hydrogen-bond donors (Lipinski definition) is 1. The molecule has 2 nitrogen and oxygen atoms in total. The Kier molecular flexibility index (Phi) is 4.77. The van der Waals surface area contributed by atoms with Gasteiger partial charge in [-0.3, -0.25) is 4.79 Å². The molecular weight excluding hydrogens is 370 g/mol. The van der Waals surface area contributed by atoms with Crippen LogP contribution in [0.3, 0.4) is 0 Å². The molecule has 0 heterocycles. The van der Waals surface area contributed by atoms with Crippen LogP contribution in [0.15, 0.2) is 51.4 Å². The fourth-order valence-electron chi connectivity index (χ4n) is 1.79. The summed E-state index contributed by atoms with van der Waals surface area (Å²) in [6, 6.07) is 13.5. The molecule has 2 rings (SSSR count). The molecule has 0 saturated carbocycles. The molecule has 2 aromatic carbocycles. The van der Waals surface area contributed by atoms with Crippen molar-refractivity contribution in [3.63, 3.8) is 0 Å². The summed E-state index contributed by atoms with van der Waals surface area (Å²) >= 11 is 6.86. The van der Waals surface area contributed by atoms with Crippen molar-refractivity contribution in [3.8, 4) is 0 Å². The third-order valence-corrected chi connectivity index (χ3v) is 4.10. The van der Waals surface area contributed by atoms with Crippen LogP contribution in [0.4, 0.5) is 0 Å². The van der Waals surface area contributed by atoms with Crippen molar-refractivity contribution in [2.24, 2.45) is 0 Å². The first kappa shape index (κ1) is 14.3. The smallest absolute Gasteiger partial charge is 0.251 e. The molecule has 1 amide bonds. The van der Waals surface area contributed by atoms with Crippen LogP contribution in [0.1, 0.15) is 21.5 Å². The van der Waals surface area contributed by atoms with Gasteiger partial charge in [0.15, 0.2) is 0 Å². The molecule has 0 bridgehead atoms. The molecule has 0 unspecified atom stereocenters. The van der Waals surface area contributed by atoms with E-state index in [2.05, 4.69) is 37.2 Å². The second-order valence-corrected chi connectivity index (χ2v) is 6.00. The van der Waals surface area contributed by atoms with Crippen molar-refractivity contribution in [2.75, 3.05) is 0 Å². The van der Waals surface area contributed by atoms with Gasteiger partial charge >= 0.3 is 0 Å². The van der Waals surface area contributed by atoms with Crippen LogP contribution in [0, 0.1) is 6.92 Å². The Balaban J connectivity index is 2.08. The minimum Gasteiger partial charge on any atom is -0.348 e. The van der Waals surface area contributed by atoms with Gasteiger partial charge in [0.25, 0.3) is 5.91 Å².